The standard InChI is InChI=1S/C20H21N5O3S/c1-13-9-10-17(25(27)28)11-18(13)21-19(26)14(2)29-20-23-22-15(3)24(20)12-16-7-5-4-6-8-16/h4-11,14H,12H2,1-3H3,(H,21,26)/t14-/m1/s1. The van der Waals surface area contributed by atoms with Gasteiger partial charge < -0.3 is 9.88 Å². The van der Waals surface area contributed by atoms with Gasteiger partial charge in [-0.25, -0.2) is 0 Å². The number of aromatic nitrogens is 3. The van der Waals surface area contributed by atoms with Crippen molar-refractivity contribution in [3.63, 3.8) is 0 Å². The lowest BCUT2D eigenvalue weighted by Gasteiger charge is -2.14. The van der Waals surface area contributed by atoms with Crippen molar-refractivity contribution in [1.82, 2.24) is 14.8 Å². The number of carbonyl (C=O) groups excluding carboxylic acids is 1. The lowest BCUT2D eigenvalue weighted by molar-refractivity contribution is -0.384. The third-order valence-corrected chi connectivity index (χ3v) is 5.51. The molecule has 29 heavy (non-hydrogen) atoms. The minimum atomic E-state index is -0.484. The van der Waals surface area contributed by atoms with Crippen LogP contribution in [0, 0.1) is 24.0 Å². The number of nitro benzene ring substituents is 1. The molecule has 1 N–H and O–H groups in total. The fraction of sp³-hybridized carbons (Fsp3) is 0.250. The van der Waals surface area contributed by atoms with Crippen molar-refractivity contribution in [2.45, 2.75) is 37.7 Å². The van der Waals surface area contributed by atoms with Crippen LogP contribution in [-0.2, 0) is 11.3 Å². The Balaban J connectivity index is 1.72. The third-order valence-electron chi connectivity index (χ3n) is 4.43. The third kappa shape index (κ3) is 5.00. The van der Waals surface area contributed by atoms with Crippen molar-refractivity contribution in [3.05, 3.63) is 75.6 Å². The molecule has 9 heteroatoms. The summed E-state index contributed by atoms with van der Waals surface area (Å²) in [6, 6.07) is 14.3. The number of amides is 1. The predicted molar refractivity (Wildman–Crippen MR) is 112 cm³/mol. The molecule has 150 valence electrons. The SMILES string of the molecule is Cc1ccc([N+](=O)[O-])cc1NC(=O)[C@@H](C)Sc1nnc(C)n1Cc1ccccc1. The molecule has 1 heterocycles. The van der Waals surface area contributed by atoms with Crippen molar-refractivity contribution in [2.24, 2.45) is 0 Å². The van der Waals surface area contributed by atoms with Crippen LogP contribution in [0.1, 0.15) is 23.9 Å². The summed E-state index contributed by atoms with van der Waals surface area (Å²) >= 11 is 1.30. The smallest absolute Gasteiger partial charge is 0.271 e. The normalized spacial score (nSPS) is 11.8. The van der Waals surface area contributed by atoms with E-state index in [0.29, 0.717) is 17.4 Å². The van der Waals surface area contributed by atoms with E-state index in [4.69, 9.17) is 0 Å². The fourth-order valence-corrected chi connectivity index (χ4v) is 3.60. The molecule has 0 bridgehead atoms. The van der Waals surface area contributed by atoms with Crippen molar-refractivity contribution >= 4 is 29.0 Å². The predicted octanol–water partition coefficient (Wildman–Crippen LogP) is 3.97. The summed E-state index contributed by atoms with van der Waals surface area (Å²) in [5, 5.41) is 22.3. The Morgan fingerprint density at radius 3 is 2.62 bits per heavy atom. The Morgan fingerprint density at radius 1 is 1.21 bits per heavy atom. The first kappa shape index (κ1) is 20.5. The summed E-state index contributed by atoms with van der Waals surface area (Å²) in [7, 11) is 0. The van der Waals surface area contributed by atoms with E-state index in [1.165, 1.54) is 23.9 Å². The first-order chi connectivity index (χ1) is 13.8. The van der Waals surface area contributed by atoms with E-state index in [-0.39, 0.29) is 11.6 Å². The number of nitrogens with one attached hydrogen (secondary N) is 1. The van der Waals surface area contributed by atoms with Gasteiger partial charge in [0, 0.05) is 12.1 Å². The molecule has 1 aromatic heterocycles. The highest BCUT2D eigenvalue weighted by molar-refractivity contribution is 8.00. The molecule has 3 rings (SSSR count). The van der Waals surface area contributed by atoms with Gasteiger partial charge in [0.25, 0.3) is 5.69 Å². The molecule has 0 aliphatic rings. The number of nitro groups is 1. The molecule has 1 amide bonds. The van der Waals surface area contributed by atoms with Gasteiger partial charge >= 0.3 is 0 Å². The summed E-state index contributed by atoms with van der Waals surface area (Å²) in [4.78, 5) is 23.2. The molecular weight excluding hydrogens is 390 g/mol. The average molecular weight is 411 g/mol. The van der Waals surface area contributed by atoms with Crippen LogP contribution in [0.25, 0.3) is 0 Å². The van der Waals surface area contributed by atoms with Gasteiger partial charge in [-0.1, -0.05) is 48.2 Å². The van der Waals surface area contributed by atoms with Gasteiger partial charge in [-0.15, -0.1) is 10.2 Å². The molecule has 3 aromatic rings. The van der Waals surface area contributed by atoms with Gasteiger partial charge in [0.05, 0.1) is 22.4 Å². The molecule has 0 radical (unpaired) electrons. The number of benzene rings is 2. The molecule has 8 nitrogen and oxygen atoms in total. The highest BCUT2D eigenvalue weighted by atomic mass is 32.2. The van der Waals surface area contributed by atoms with Crippen LogP contribution in [0.4, 0.5) is 11.4 Å². The second-order valence-electron chi connectivity index (χ2n) is 6.61. The van der Waals surface area contributed by atoms with E-state index in [0.717, 1.165) is 17.0 Å². The van der Waals surface area contributed by atoms with Crippen molar-refractivity contribution < 1.29 is 9.72 Å². The second kappa shape index (κ2) is 8.87. The number of thioether (sulfide) groups is 1. The van der Waals surface area contributed by atoms with E-state index in [1.807, 2.05) is 41.8 Å². The molecule has 0 saturated heterocycles. The summed E-state index contributed by atoms with van der Waals surface area (Å²) < 4.78 is 1.96. The van der Waals surface area contributed by atoms with Crippen LogP contribution in [0.2, 0.25) is 0 Å². The zero-order valence-corrected chi connectivity index (χ0v) is 17.1. The van der Waals surface area contributed by atoms with Crippen LogP contribution in [0.5, 0.6) is 0 Å². The Hall–Kier alpha value is -3.20. The summed E-state index contributed by atoms with van der Waals surface area (Å²) in [5.41, 5.74) is 2.23. The van der Waals surface area contributed by atoms with Crippen LogP contribution in [0.15, 0.2) is 53.7 Å². The van der Waals surface area contributed by atoms with E-state index in [1.54, 1.807) is 19.9 Å². The van der Waals surface area contributed by atoms with Gasteiger partial charge in [-0.2, -0.15) is 0 Å². The number of nitrogens with zero attached hydrogens (tertiary/aromatic N) is 4. The molecule has 0 unspecified atom stereocenters. The highest BCUT2D eigenvalue weighted by Gasteiger charge is 2.21. The quantitative estimate of drug-likeness (QED) is 0.358. The molecule has 0 aliphatic carbocycles. The zero-order chi connectivity index (χ0) is 21.0. The average Bonchev–Trinajstić information content (AvgIpc) is 3.03. The summed E-state index contributed by atoms with van der Waals surface area (Å²) in [5.74, 6) is 0.504. The molecule has 0 fully saturated rings. The Labute approximate surface area is 172 Å². The summed E-state index contributed by atoms with van der Waals surface area (Å²) in [6.45, 7) is 6.04. The fourth-order valence-electron chi connectivity index (χ4n) is 2.70. The lowest BCUT2D eigenvalue weighted by Crippen LogP contribution is -2.23. The van der Waals surface area contributed by atoms with Crippen LogP contribution < -0.4 is 5.32 Å². The maximum Gasteiger partial charge on any atom is 0.271 e. The van der Waals surface area contributed by atoms with E-state index in [2.05, 4.69) is 15.5 Å². The van der Waals surface area contributed by atoms with E-state index >= 15 is 0 Å². The number of anilines is 1. The summed E-state index contributed by atoms with van der Waals surface area (Å²) in [6.07, 6.45) is 0. The van der Waals surface area contributed by atoms with Gasteiger partial charge in [-0.3, -0.25) is 14.9 Å². The molecular formula is C20H21N5O3S. The van der Waals surface area contributed by atoms with E-state index in [9.17, 15) is 14.9 Å². The van der Waals surface area contributed by atoms with Crippen LogP contribution >= 0.6 is 11.8 Å². The molecule has 1 atom stereocenters. The Bertz CT molecular complexity index is 1040. The topological polar surface area (TPSA) is 103 Å². The first-order valence-electron chi connectivity index (χ1n) is 9.01. The van der Waals surface area contributed by atoms with Crippen molar-refractivity contribution in [2.75, 3.05) is 5.32 Å². The number of aryl methyl sites for hydroxylation is 2. The lowest BCUT2D eigenvalue weighted by atomic mass is 10.2. The number of rotatable bonds is 7. The molecule has 0 spiro atoms. The van der Waals surface area contributed by atoms with Gasteiger partial charge in [-0.05, 0) is 31.9 Å². The monoisotopic (exact) mass is 411 g/mol. The van der Waals surface area contributed by atoms with Gasteiger partial charge in [0.2, 0.25) is 5.91 Å². The van der Waals surface area contributed by atoms with Crippen molar-refractivity contribution in [1.29, 1.82) is 0 Å². The first-order valence-corrected chi connectivity index (χ1v) is 9.89. The van der Waals surface area contributed by atoms with E-state index < -0.39 is 10.2 Å². The number of hydrogen-bond acceptors (Lipinski definition) is 6. The Kier molecular flexibility index (Phi) is 6.28. The van der Waals surface area contributed by atoms with Crippen LogP contribution in [0.3, 0.4) is 0 Å². The number of hydrogen-bond donors (Lipinski definition) is 1. The minimum absolute atomic E-state index is 0.0653. The molecule has 2 aromatic carbocycles. The molecule has 0 aliphatic heterocycles. The zero-order valence-electron chi connectivity index (χ0n) is 16.3. The Morgan fingerprint density at radius 2 is 1.93 bits per heavy atom. The van der Waals surface area contributed by atoms with Crippen LogP contribution in [-0.4, -0.2) is 30.8 Å². The molecule has 0 saturated carbocycles. The van der Waals surface area contributed by atoms with Crippen molar-refractivity contribution in [3.8, 4) is 0 Å². The minimum Gasteiger partial charge on any atom is -0.325 e. The second-order valence-corrected chi connectivity index (χ2v) is 7.92. The number of carbonyl (C=O) groups is 1. The maximum absolute atomic E-state index is 12.7. The van der Waals surface area contributed by atoms with Gasteiger partial charge in [0.15, 0.2) is 5.16 Å². The number of non-ortho nitro benzene ring substituents is 1. The maximum atomic E-state index is 12.7. The largest absolute Gasteiger partial charge is 0.325 e. The van der Waals surface area contributed by atoms with Gasteiger partial charge in [0.1, 0.15) is 5.82 Å². The highest BCUT2D eigenvalue weighted by Crippen LogP contribution is 2.26.